The zero-order valence-electron chi connectivity index (χ0n) is 13.6. The number of rotatable bonds is 8. The molecule has 0 radical (unpaired) electrons. The molecule has 0 aliphatic carbocycles. The van der Waals surface area contributed by atoms with Crippen LogP contribution < -0.4 is 5.32 Å². The standard InChI is InChI=1S/C17H25FN2O2/c1-13(2)12-20(14(3)21)11-9-17(22)19-10-8-15-6-4-5-7-16(15)18/h4-7,13H,8-12H2,1-3H3,(H,19,22). The molecule has 22 heavy (non-hydrogen) atoms. The third-order valence-corrected chi connectivity index (χ3v) is 3.31. The number of carbonyl (C=O) groups excluding carboxylic acids is 2. The summed E-state index contributed by atoms with van der Waals surface area (Å²) in [4.78, 5) is 25.0. The first kappa shape index (κ1) is 18.1. The molecule has 0 unspecified atom stereocenters. The van der Waals surface area contributed by atoms with Crippen LogP contribution in [-0.2, 0) is 16.0 Å². The summed E-state index contributed by atoms with van der Waals surface area (Å²) in [5, 5.41) is 2.76. The zero-order chi connectivity index (χ0) is 16.5. The minimum absolute atomic E-state index is 0.0205. The van der Waals surface area contributed by atoms with Crippen LogP contribution in [-0.4, -0.2) is 36.3 Å². The van der Waals surface area contributed by atoms with Gasteiger partial charge >= 0.3 is 0 Å². The molecule has 1 aromatic carbocycles. The highest BCUT2D eigenvalue weighted by Crippen LogP contribution is 2.06. The predicted molar refractivity (Wildman–Crippen MR) is 84.8 cm³/mol. The van der Waals surface area contributed by atoms with Crippen LogP contribution in [0.2, 0.25) is 0 Å². The Morgan fingerprint density at radius 3 is 2.55 bits per heavy atom. The summed E-state index contributed by atoms with van der Waals surface area (Å²) < 4.78 is 13.4. The number of amides is 2. The van der Waals surface area contributed by atoms with E-state index < -0.39 is 0 Å². The molecule has 5 heteroatoms. The largest absolute Gasteiger partial charge is 0.356 e. The topological polar surface area (TPSA) is 49.4 Å². The maximum absolute atomic E-state index is 13.4. The maximum atomic E-state index is 13.4. The van der Waals surface area contributed by atoms with Crippen molar-refractivity contribution in [3.8, 4) is 0 Å². The Hall–Kier alpha value is -1.91. The van der Waals surface area contributed by atoms with E-state index in [1.165, 1.54) is 13.0 Å². The van der Waals surface area contributed by atoms with Gasteiger partial charge in [-0.25, -0.2) is 4.39 Å². The van der Waals surface area contributed by atoms with Crippen molar-refractivity contribution in [3.05, 3.63) is 35.6 Å². The minimum atomic E-state index is -0.253. The molecule has 0 saturated heterocycles. The van der Waals surface area contributed by atoms with Gasteiger partial charge in [-0.2, -0.15) is 0 Å². The molecule has 0 aliphatic heterocycles. The SMILES string of the molecule is CC(=O)N(CCC(=O)NCCc1ccccc1F)CC(C)C. The fourth-order valence-electron chi connectivity index (χ4n) is 2.18. The average Bonchev–Trinajstić information content (AvgIpc) is 2.45. The molecule has 1 N–H and O–H groups in total. The number of hydrogen-bond donors (Lipinski definition) is 1. The Labute approximate surface area is 131 Å². The molecular weight excluding hydrogens is 283 g/mol. The number of halogens is 1. The Bertz CT molecular complexity index is 503. The van der Waals surface area contributed by atoms with E-state index in [9.17, 15) is 14.0 Å². The summed E-state index contributed by atoms with van der Waals surface area (Å²) in [5.41, 5.74) is 0.591. The van der Waals surface area contributed by atoms with Gasteiger partial charge in [-0.15, -0.1) is 0 Å². The lowest BCUT2D eigenvalue weighted by Gasteiger charge is -2.22. The van der Waals surface area contributed by atoms with Gasteiger partial charge in [0.05, 0.1) is 0 Å². The van der Waals surface area contributed by atoms with E-state index in [-0.39, 0.29) is 24.1 Å². The van der Waals surface area contributed by atoms with Crippen LogP contribution in [0.3, 0.4) is 0 Å². The first-order valence-electron chi connectivity index (χ1n) is 7.65. The average molecular weight is 308 g/mol. The van der Waals surface area contributed by atoms with E-state index in [1.807, 2.05) is 13.8 Å². The van der Waals surface area contributed by atoms with Crippen molar-refractivity contribution >= 4 is 11.8 Å². The number of nitrogens with zero attached hydrogens (tertiary/aromatic N) is 1. The van der Waals surface area contributed by atoms with Crippen molar-refractivity contribution in [2.45, 2.75) is 33.6 Å². The molecule has 0 fully saturated rings. The monoisotopic (exact) mass is 308 g/mol. The normalized spacial score (nSPS) is 10.6. The van der Waals surface area contributed by atoms with Gasteiger partial charge < -0.3 is 10.2 Å². The van der Waals surface area contributed by atoms with Gasteiger partial charge in [-0.1, -0.05) is 32.0 Å². The van der Waals surface area contributed by atoms with Gasteiger partial charge in [0.25, 0.3) is 0 Å². The Morgan fingerprint density at radius 1 is 1.27 bits per heavy atom. The molecule has 1 rings (SSSR count). The zero-order valence-corrected chi connectivity index (χ0v) is 13.6. The smallest absolute Gasteiger partial charge is 0.221 e. The third kappa shape index (κ3) is 6.70. The first-order valence-corrected chi connectivity index (χ1v) is 7.65. The van der Waals surface area contributed by atoms with E-state index in [1.54, 1.807) is 23.1 Å². The number of hydrogen-bond acceptors (Lipinski definition) is 2. The van der Waals surface area contributed by atoms with Crippen molar-refractivity contribution < 1.29 is 14.0 Å². The summed E-state index contributed by atoms with van der Waals surface area (Å²) in [7, 11) is 0. The van der Waals surface area contributed by atoms with E-state index in [0.29, 0.717) is 37.5 Å². The van der Waals surface area contributed by atoms with Gasteiger partial charge in [0, 0.05) is 33.0 Å². The van der Waals surface area contributed by atoms with Gasteiger partial charge in [0.15, 0.2) is 0 Å². The molecule has 0 bridgehead atoms. The highest BCUT2D eigenvalue weighted by atomic mass is 19.1. The molecule has 0 aliphatic rings. The minimum Gasteiger partial charge on any atom is -0.356 e. The second-order valence-electron chi connectivity index (χ2n) is 5.80. The van der Waals surface area contributed by atoms with Gasteiger partial charge in [-0.3, -0.25) is 9.59 Å². The van der Waals surface area contributed by atoms with Crippen molar-refractivity contribution in [2.24, 2.45) is 5.92 Å². The van der Waals surface area contributed by atoms with Crippen molar-refractivity contribution in [1.29, 1.82) is 0 Å². The molecule has 0 atom stereocenters. The maximum Gasteiger partial charge on any atom is 0.221 e. The molecule has 2 amide bonds. The van der Waals surface area contributed by atoms with Crippen molar-refractivity contribution in [1.82, 2.24) is 10.2 Å². The fraction of sp³-hybridized carbons (Fsp3) is 0.529. The lowest BCUT2D eigenvalue weighted by atomic mass is 10.1. The number of nitrogens with one attached hydrogen (secondary N) is 1. The van der Waals surface area contributed by atoms with E-state index in [0.717, 1.165) is 0 Å². The number of carbonyl (C=O) groups is 2. The molecule has 1 aromatic rings. The third-order valence-electron chi connectivity index (χ3n) is 3.31. The quantitative estimate of drug-likeness (QED) is 0.801. The van der Waals surface area contributed by atoms with Crippen LogP contribution in [0.4, 0.5) is 4.39 Å². The summed E-state index contributed by atoms with van der Waals surface area (Å²) in [6.07, 6.45) is 0.727. The van der Waals surface area contributed by atoms with Gasteiger partial charge in [-0.05, 0) is 24.0 Å². The lowest BCUT2D eigenvalue weighted by Crippen LogP contribution is -2.36. The van der Waals surface area contributed by atoms with Gasteiger partial charge in [0.1, 0.15) is 5.82 Å². The van der Waals surface area contributed by atoms with Gasteiger partial charge in [0.2, 0.25) is 11.8 Å². The van der Waals surface area contributed by atoms with E-state index >= 15 is 0 Å². The van der Waals surface area contributed by atoms with Crippen LogP contribution in [0.25, 0.3) is 0 Å². The number of benzene rings is 1. The molecule has 0 heterocycles. The Morgan fingerprint density at radius 2 is 1.95 bits per heavy atom. The first-order chi connectivity index (χ1) is 10.4. The van der Waals surface area contributed by atoms with Crippen LogP contribution in [0, 0.1) is 11.7 Å². The second-order valence-corrected chi connectivity index (χ2v) is 5.80. The summed E-state index contributed by atoms with van der Waals surface area (Å²) in [6.45, 7) is 7.04. The molecule has 0 spiro atoms. The van der Waals surface area contributed by atoms with Crippen LogP contribution in [0.1, 0.15) is 32.8 Å². The fourth-order valence-corrected chi connectivity index (χ4v) is 2.18. The van der Waals surface area contributed by atoms with E-state index in [2.05, 4.69) is 5.32 Å². The lowest BCUT2D eigenvalue weighted by molar-refractivity contribution is -0.130. The predicted octanol–water partition coefficient (Wildman–Crippen LogP) is 2.38. The highest BCUT2D eigenvalue weighted by Gasteiger charge is 2.12. The Kier molecular flexibility index (Phi) is 7.57. The second kappa shape index (κ2) is 9.18. The molecule has 122 valence electrons. The molecular formula is C17H25FN2O2. The summed E-state index contributed by atoms with van der Waals surface area (Å²) in [6, 6.07) is 6.54. The Balaban J connectivity index is 2.31. The molecule has 0 aromatic heterocycles. The highest BCUT2D eigenvalue weighted by molar-refractivity contribution is 5.78. The molecule has 4 nitrogen and oxygen atoms in total. The van der Waals surface area contributed by atoms with Crippen LogP contribution >= 0.6 is 0 Å². The van der Waals surface area contributed by atoms with E-state index in [4.69, 9.17) is 0 Å². The van der Waals surface area contributed by atoms with Crippen LogP contribution in [0.5, 0.6) is 0 Å². The van der Waals surface area contributed by atoms with Crippen molar-refractivity contribution in [2.75, 3.05) is 19.6 Å². The summed E-state index contributed by atoms with van der Waals surface area (Å²) >= 11 is 0. The van der Waals surface area contributed by atoms with Crippen molar-refractivity contribution in [3.63, 3.8) is 0 Å². The molecule has 0 saturated carbocycles. The van der Waals surface area contributed by atoms with Crippen LogP contribution in [0.15, 0.2) is 24.3 Å². The summed E-state index contributed by atoms with van der Waals surface area (Å²) in [5.74, 6) is -0.0244.